The van der Waals surface area contributed by atoms with Crippen molar-refractivity contribution in [1.29, 1.82) is 0 Å². The van der Waals surface area contributed by atoms with Crippen LogP contribution in [0.15, 0.2) is 107 Å². The van der Waals surface area contributed by atoms with Gasteiger partial charge in [-0.25, -0.2) is 4.99 Å². The van der Waals surface area contributed by atoms with E-state index in [4.69, 9.17) is 0 Å². The van der Waals surface area contributed by atoms with E-state index in [1.165, 1.54) is 0 Å². The number of amidine groups is 1. The Kier molecular flexibility index (Phi) is 4.93. The van der Waals surface area contributed by atoms with Crippen molar-refractivity contribution in [2.45, 2.75) is 6.92 Å². The van der Waals surface area contributed by atoms with Crippen molar-refractivity contribution in [3.05, 3.63) is 108 Å². The van der Waals surface area contributed by atoms with Gasteiger partial charge in [-0.3, -0.25) is 14.7 Å². The summed E-state index contributed by atoms with van der Waals surface area (Å²) >= 11 is 0. The molecule has 0 fully saturated rings. The van der Waals surface area contributed by atoms with E-state index in [2.05, 4.69) is 9.98 Å². The van der Waals surface area contributed by atoms with Crippen LogP contribution in [0.25, 0.3) is 0 Å². The summed E-state index contributed by atoms with van der Waals surface area (Å²) in [7, 11) is 0. The summed E-state index contributed by atoms with van der Waals surface area (Å²) in [5.74, 6) is 0.515. The zero-order chi connectivity index (χ0) is 19.3. The van der Waals surface area contributed by atoms with Crippen LogP contribution in [0, 0.1) is 0 Å². The van der Waals surface area contributed by atoms with E-state index < -0.39 is 0 Å². The summed E-state index contributed by atoms with van der Waals surface area (Å²) < 4.78 is 0. The average Bonchev–Trinajstić information content (AvgIpc) is 3.10. The lowest BCUT2D eigenvalue weighted by atomic mass is 10.1. The molecule has 0 spiro atoms. The number of anilines is 1. The highest BCUT2D eigenvalue weighted by molar-refractivity contribution is 6.32. The molecule has 0 aromatic heterocycles. The van der Waals surface area contributed by atoms with Gasteiger partial charge in [0.15, 0.2) is 0 Å². The first-order chi connectivity index (χ1) is 13.8. The normalized spacial score (nSPS) is 15.5. The molecule has 4 rings (SSSR count). The van der Waals surface area contributed by atoms with Crippen LogP contribution in [0.4, 0.5) is 11.4 Å². The van der Waals surface area contributed by atoms with Gasteiger partial charge in [0.2, 0.25) is 0 Å². The van der Waals surface area contributed by atoms with Gasteiger partial charge in [-0.15, -0.1) is 0 Å². The van der Waals surface area contributed by atoms with Gasteiger partial charge < -0.3 is 0 Å². The largest absolute Gasteiger partial charge is 0.282 e. The topological polar surface area (TPSA) is 45.0 Å². The third kappa shape index (κ3) is 3.53. The molecule has 3 aromatic carbocycles. The van der Waals surface area contributed by atoms with Crippen LogP contribution in [0.3, 0.4) is 0 Å². The molecule has 1 aliphatic rings. The third-order valence-electron chi connectivity index (χ3n) is 4.44. The van der Waals surface area contributed by atoms with Crippen molar-refractivity contribution in [3.63, 3.8) is 0 Å². The number of benzene rings is 3. The Hall–Kier alpha value is -3.79. The Morgan fingerprint density at radius 1 is 0.857 bits per heavy atom. The fourth-order valence-corrected chi connectivity index (χ4v) is 3.01. The number of carbonyl (C=O) groups is 1. The van der Waals surface area contributed by atoms with Crippen LogP contribution in [0.1, 0.15) is 18.1 Å². The van der Waals surface area contributed by atoms with Gasteiger partial charge in [-0.2, -0.15) is 0 Å². The molecule has 0 atom stereocenters. The van der Waals surface area contributed by atoms with Crippen LogP contribution in [-0.2, 0) is 4.79 Å². The molecule has 0 radical (unpaired) electrons. The smallest absolute Gasteiger partial charge is 0.266 e. The van der Waals surface area contributed by atoms with Gasteiger partial charge in [0.1, 0.15) is 11.5 Å². The predicted molar refractivity (Wildman–Crippen MR) is 114 cm³/mol. The summed E-state index contributed by atoms with van der Waals surface area (Å²) in [6.45, 7) is 1.82. The van der Waals surface area contributed by atoms with E-state index in [-0.39, 0.29) is 5.91 Å². The molecule has 136 valence electrons. The quantitative estimate of drug-likeness (QED) is 0.467. The fraction of sp³-hybridized carbons (Fsp3) is 0.0417. The molecular weight excluding hydrogens is 346 g/mol. The first-order valence-electron chi connectivity index (χ1n) is 9.10. The van der Waals surface area contributed by atoms with Crippen molar-refractivity contribution in [2.75, 3.05) is 4.90 Å². The van der Waals surface area contributed by atoms with Crippen molar-refractivity contribution in [2.24, 2.45) is 9.98 Å². The third-order valence-corrected chi connectivity index (χ3v) is 4.44. The summed E-state index contributed by atoms with van der Waals surface area (Å²) in [5.41, 5.74) is 3.98. The Morgan fingerprint density at radius 3 is 2.14 bits per heavy atom. The molecule has 0 aliphatic carbocycles. The monoisotopic (exact) mass is 365 g/mol. The molecule has 0 bridgehead atoms. The van der Waals surface area contributed by atoms with E-state index in [0.29, 0.717) is 11.5 Å². The second-order valence-electron chi connectivity index (χ2n) is 6.30. The lowest BCUT2D eigenvalue weighted by molar-refractivity contribution is -0.113. The van der Waals surface area contributed by atoms with Crippen molar-refractivity contribution >= 4 is 29.3 Å². The number of hydrogen-bond donors (Lipinski definition) is 0. The van der Waals surface area contributed by atoms with Crippen molar-refractivity contribution < 1.29 is 4.79 Å². The summed E-state index contributed by atoms with van der Waals surface area (Å²) in [4.78, 5) is 23.5. The molecule has 1 aliphatic heterocycles. The number of aliphatic imine (C=N–C) groups is 2. The highest BCUT2D eigenvalue weighted by Gasteiger charge is 2.31. The van der Waals surface area contributed by atoms with E-state index in [0.717, 1.165) is 22.5 Å². The molecular formula is C24H19N3O. The number of nitrogens with zero attached hydrogens (tertiary/aromatic N) is 3. The van der Waals surface area contributed by atoms with Crippen LogP contribution < -0.4 is 4.90 Å². The second-order valence-corrected chi connectivity index (χ2v) is 6.30. The molecule has 3 aromatic rings. The maximum Gasteiger partial charge on any atom is 0.282 e. The minimum absolute atomic E-state index is 0.123. The molecule has 0 N–H and O–H groups in total. The fourth-order valence-electron chi connectivity index (χ4n) is 3.01. The SMILES string of the molecule is C/C=C1\N=C(c2ccccc2)N(c2ccc(N=Cc3ccccc3)cc2)C1=O. The van der Waals surface area contributed by atoms with E-state index in [1.807, 2.05) is 98.1 Å². The van der Waals surface area contributed by atoms with Crippen molar-refractivity contribution in [3.8, 4) is 0 Å². The molecule has 0 unspecified atom stereocenters. The Balaban J connectivity index is 1.63. The minimum atomic E-state index is -0.123. The van der Waals surface area contributed by atoms with Crippen LogP contribution in [0.5, 0.6) is 0 Å². The second kappa shape index (κ2) is 7.84. The van der Waals surface area contributed by atoms with Gasteiger partial charge in [0, 0.05) is 11.8 Å². The van der Waals surface area contributed by atoms with Gasteiger partial charge in [-0.1, -0.05) is 66.7 Å². The van der Waals surface area contributed by atoms with Crippen LogP contribution >= 0.6 is 0 Å². The predicted octanol–water partition coefficient (Wildman–Crippen LogP) is 5.13. The number of carbonyl (C=O) groups excluding carboxylic acids is 1. The maximum atomic E-state index is 12.8. The molecule has 4 heteroatoms. The van der Waals surface area contributed by atoms with E-state index in [1.54, 1.807) is 11.0 Å². The number of rotatable bonds is 4. The Bertz CT molecular complexity index is 1070. The van der Waals surface area contributed by atoms with Crippen molar-refractivity contribution in [1.82, 2.24) is 0 Å². The average molecular weight is 365 g/mol. The van der Waals surface area contributed by atoms with Gasteiger partial charge >= 0.3 is 0 Å². The molecule has 0 saturated heterocycles. The molecule has 1 amide bonds. The number of hydrogen-bond acceptors (Lipinski definition) is 3. The number of allylic oxidation sites excluding steroid dienone is 1. The van der Waals surface area contributed by atoms with E-state index >= 15 is 0 Å². The molecule has 4 nitrogen and oxygen atoms in total. The highest BCUT2D eigenvalue weighted by Crippen LogP contribution is 2.28. The van der Waals surface area contributed by atoms with Gasteiger partial charge in [0.05, 0.1) is 11.4 Å². The van der Waals surface area contributed by atoms with Crippen LogP contribution in [0.2, 0.25) is 0 Å². The minimum Gasteiger partial charge on any atom is -0.266 e. The Morgan fingerprint density at radius 2 is 1.50 bits per heavy atom. The van der Waals surface area contributed by atoms with E-state index in [9.17, 15) is 4.79 Å². The van der Waals surface area contributed by atoms with Crippen LogP contribution in [-0.4, -0.2) is 18.0 Å². The number of amides is 1. The molecule has 1 heterocycles. The summed E-state index contributed by atoms with van der Waals surface area (Å²) in [5, 5.41) is 0. The first-order valence-corrected chi connectivity index (χ1v) is 9.10. The zero-order valence-corrected chi connectivity index (χ0v) is 15.5. The summed E-state index contributed by atoms with van der Waals surface area (Å²) in [6.07, 6.45) is 3.56. The highest BCUT2D eigenvalue weighted by atomic mass is 16.2. The lowest BCUT2D eigenvalue weighted by Gasteiger charge is -2.18. The lowest BCUT2D eigenvalue weighted by Crippen LogP contribution is -2.32. The maximum absolute atomic E-state index is 12.8. The Labute approximate surface area is 164 Å². The van der Waals surface area contributed by atoms with Gasteiger partial charge in [0.25, 0.3) is 5.91 Å². The zero-order valence-electron chi connectivity index (χ0n) is 15.5. The summed E-state index contributed by atoms with van der Waals surface area (Å²) in [6, 6.07) is 27.3. The molecule has 28 heavy (non-hydrogen) atoms. The first kappa shape index (κ1) is 17.6. The van der Waals surface area contributed by atoms with Gasteiger partial charge in [-0.05, 0) is 36.8 Å². The molecule has 0 saturated carbocycles. The standard InChI is InChI=1S/C24H19N3O/c1-2-22-24(28)27(23(26-22)19-11-7-4-8-12-19)21-15-13-20(14-16-21)25-17-18-9-5-3-6-10-18/h2-17H,1H3/b22-2-,25-17?.